The summed E-state index contributed by atoms with van der Waals surface area (Å²) in [6.45, 7) is 9.44. The van der Waals surface area contributed by atoms with Gasteiger partial charge in [-0.3, -0.25) is 0 Å². The summed E-state index contributed by atoms with van der Waals surface area (Å²) in [5.41, 5.74) is 13.7. The third kappa shape index (κ3) is 2.23. The molecule has 33 heavy (non-hydrogen) atoms. The van der Waals surface area contributed by atoms with Crippen molar-refractivity contribution in [1.82, 2.24) is 4.57 Å². The van der Waals surface area contributed by atoms with Crippen molar-refractivity contribution in [2.24, 2.45) is 0 Å². The van der Waals surface area contributed by atoms with E-state index in [4.69, 9.17) is 0 Å². The van der Waals surface area contributed by atoms with Gasteiger partial charge in [0.2, 0.25) is 0 Å². The van der Waals surface area contributed by atoms with E-state index in [1.54, 1.807) is 0 Å². The normalized spacial score (nSPS) is 16.4. The molecule has 0 atom stereocenters. The minimum atomic E-state index is -0.0683. The van der Waals surface area contributed by atoms with Gasteiger partial charge in [0.05, 0.1) is 5.52 Å². The lowest BCUT2D eigenvalue weighted by atomic mass is 9.82. The van der Waals surface area contributed by atoms with Gasteiger partial charge in [-0.2, -0.15) is 0 Å². The molecule has 5 aromatic rings. The summed E-state index contributed by atoms with van der Waals surface area (Å²) in [5, 5.41) is 1.34. The van der Waals surface area contributed by atoms with E-state index < -0.39 is 0 Å². The van der Waals surface area contributed by atoms with Crippen molar-refractivity contribution in [2.45, 2.75) is 38.5 Å². The molecule has 7 rings (SSSR count). The zero-order valence-corrected chi connectivity index (χ0v) is 19.6. The maximum absolute atomic E-state index is 2.53. The second-order valence-electron chi connectivity index (χ2n) is 10.6. The third-order valence-electron chi connectivity index (χ3n) is 8.16. The number of benzene rings is 4. The van der Waals surface area contributed by atoms with Crippen molar-refractivity contribution < 1.29 is 0 Å². The van der Waals surface area contributed by atoms with E-state index in [2.05, 4.69) is 123 Å². The lowest BCUT2D eigenvalue weighted by Crippen LogP contribution is -2.20. The highest BCUT2D eigenvalue weighted by Gasteiger charge is 2.41. The van der Waals surface area contributed by atoms with Gasteiger partial charge in [0, 0.05) is 33.2 Å². The Labute approximate surface area is 195 Å². The van der Waals surface area contributed by atoms with Gasteiger partial charge in [0.15, 0.2) is 0 Å². The second-order valence-corrected chi connectivity index (χ2v) is 10.6. The molecule has 0 aliphatic heterocycles. The van der Waals surface area contributed by atoms with Gasteiger partial charge in [-0.15, -0.1) is 0 Å². The topological polar surface area (TPSA) is 4.93 Å². The Morgan fingerprint density at radius 3 is 1.94 bits per heavy atom. The summed E-state index contributed by atoms with van der Waals surface area (Å²) in [7, 11) is 0. The number of nitrogens with zero attached hydrogens (tertiary/aromatic N) is 1. The summed E-state index contributed by atoms with van der Waals surface area (Å²) in [6.07, 6.45) is 0. The zero-order valence-electron chi connectivity index (χ0n) is 19.6. The van der Waals surface area contributed by atoms with Gasteiger partial charge >= 0.3 is 0 Å². The molecule has 0 saturated heterocycles. The maximum atomic E-state index is 2.53. The minimum Gasteiger partial charge on any atom is -0.312 e. The highest BCUT2D eigenvalue weighted by atomic mass is 15.0. The van der Waals surface area contributed by atoms with Crippen LogP contribution in [0.15, 0.2) is 91.0 Å². The van der Waals surface area contributed by atoms with Crippen molar-refractivity contribution in [3.8, 4) is 27.9 Å². The molecule has 0 amide bonds. The van der Waals surface area contributed by atoms with Crippen LogP contribution in [0.25, 0.3) is 38.8 Å². The fourth-order valence-electron chi connectivity index (χ4n) is 6.59. The first kappa shape index (κ1) is 18.9. The van der Waals surface area contributed by atoms with Crippen molar-refractivity contribution in [3.05, 3.63) is 113 Å². The Morgan fingerprint density at radius 2 is 1.15 bits per heavy atom. The summed E-state index contributed by atoms with van der Waals surface area (Å²) < 4.78 is 2.53. The standard InChI is InChI=1S/C32H27N/c1-31(2)25-14-8-5-11-21(25)24-19-20(17-18-27(24)31)33-28-16-10-7-13-23(28)29-22-12-6-9-15-26(22)32(3,4)30(29)33/h5-19H,1-4H3. The monoisotopic (exact) mass is 425 g/mol. The molecule has 2 aliphatic rings. The lowest BCUT2D eigenvalue weighted by Gasteiger charge is -2.25. The van der Waals surface area contributed by atoms with Gasteiger partial charge < -0.3 is 4.57 Å². The first-order chi connectivity index (χ1) is 15.9. The van der Waals surface area contributed by atoms with Crippen LogP contribution >= 0.6 is 0 Å². The molecule has 0 saturated carbocycles. The molecule has 1 heterocycles. The van der Waals surface area contributed by atoms with Gasteiger partial charge in [-0.1, -0.05) is 100 Å². The summed E-state index contributed by atoms with van der Waals surface area (Å²) >= 11 is 0. The van der Waals surface area contributed by atoms with E-state index in [0.29, 0.717) is 0 Å². The molecule has 0 fully saturated rings. The molecule has 0 bridgehead atoms. The molecule has 0 N–H and O–H groups in total. The van der Waals surface area contributed by atoms with Crippen molar-refractivity contribution in [2.75, 3.05) is 0 Å². The molecule has 1 heteroatoms. The maximum Gasteiger partial charge on any atom is 0.0538 e. The van der Waals surface area contributed by atoms with Crippen LogP contribution in [-0.2, 0) is 10.8 Å². The average Bonchev–Trinajstić information content (AvgIpc) is 3.38. The van der Waals surface area contributed by atoms with Crippen LogP contribution in [0.5, 0.6) is 0 Å². The van der Waals surface area contributed by atoms with Crippen LogP contribution in [-0.4, -0.2) is 4.57 Å². The quantitative estimate of drug-likeness (QED) is 0.255. The first-order valence-corrected chi connectivity index (χ1v) is 11.9. The van der Waals surface area contributed by atoms with Crippen molar-refractivity contribution >= 4 is 10.9 Å². The molecule has 160 valence electrons. The summed E-state index contributed by atoms with van der Waals surface area (Å²) in [5.74, 6) is 0. The minimum absolute atomic E-state index is 0.0284. The lowest BCUT2D eigenvalue weighted by molar-refractivity contribution is 0.623. The Morgan fingerprint density at radius 1 is 0.545 bits per heavy atom. The number of fused-ring (bicyclic) bond motifs is 8. The van der Waals surface area contributed by atoms with E-state index in [9.17, 15) is 0 Å². The number of hydrogen-bond acceptors (Lipinski definition) is 0. The number of rotatable bonds is 1. The van der Waals surface area contributed by atoms with Gasteiger partial charge in [0.1, 0.15) is 0 Å². The van der Waals surface area contributed by atoms with Crippen LogP contribution in [0.3, 0.4) is 0 Å². The molecule has 1 nitrogen and oxygen atoms in total. The third-order valence-corrected chi connectivity index (χ3v) is 8.16. The average molecular weight is 426 g/mol. The van der Waals surface area contributed by atoms with Gasteiger partial charge in [0.25, 0.3) is 0 Å². The zero-order chi connectivity index (χ0) is 22.5. The molecular weight excluding hydrogens is 398 g/mol. The molecule has 0 radical (unpaired) electrons. The second kappa shape index (κ2) is 6.05. The SMILES string of the molecule is CC1(C)c2ccccc2-c2cc(-n3c4c(c5ccccc53)-c3ccccc3C4(C)C)ccc21. The predicted octanol–water partition coefficient (Wildman–Crippen LogP) is 8.24. The molecule has 1 aromatic heterocycles. The number of hydrogen-bond donors (Lipinski definition) is 0. The van der Waals surface area contributed by atoms with E-state index in [0.717, 1.165) is 0 Å². The fraction of sp³-hybridized carbons (Fsp3) is 0.188. The van der Waals surface area contributed by atoms with Crippen LogP contribution in [0.2, 0.25) is 0 Å². The first-order valence-electron chi connectivity index (χ1n) is 11.9. The van der Waals surface area contributed by atoms with Crippen molar-refractivity contribution in [1.29, 1.82) is 0 Å². The molecule has 0 spiro atoms. The smallest absolute Gasteiger partial charge is 0.0538 e. The predicted molar refractivity (Wildman–Crippen MR) is 138 cm³/mol. The Balaban J connectivity index is 1.57. The number of para-hydroxylation sites is 1. The largest absolute Gasteiger partial charge is 0.312 e. The molecular formula is C32H27N. The van der Waals surface area contributed by atoms with E-state index >= 15 is 0 Å². The van der Waals surface area contributed by atoms with Crippen LogP contribution in [0.1, 0.15) is 50.1 Å². The molecule has 0 unspecified atom stereocenters. The highest BCUT2D eigenvalue weighted by Crippen LogP contribution is 2.54. The van der Waals surface area contributed by atoms with E-state index in [1.165, 1.54) is 61.2 Å². The van der Waals surface area contributed by atoms with Crippen LogP contribution in [0, 0.1) is 0 Å². The van der Waals surface area contributed by atoms with Crippen LogP contribution in [0.4, 0.5) is 0 Å². The molecule has 2 aliphatic carbocycles. The Hall–Kier alpha value is -3.58. The van der Waals surface area contributed by atoms with Crippen molar-refractivity contribution in [3.63, 3.8) is 0 Å². The van der Waals surface area contributed by atoms with Gasteiger partial charge in [-0.25, -0.2) is 0 Å². The Bertz CT molecular complexity index is 1610. The van der Waals surface area contributed by atoms with E-state index in [-0.39, 0.29) is 10.8 Å². The number of aromatic nitrogens is 1. The highest BCUT2D eigenvalue weighted by molar-refractivity contribution is 6.03. The summed E-state index contributed by atoms with van der Waals surface area (Å²) in [4.78, 5) is 0. The fourth-order valence-corrected chi connectivity index (χ4v) is 6.59. The Kier molecular flexibility index (Phi) is 3.47. The van der Waals surface area contributed by atoms with Crippen LogP contribution < -0.4 is 0 Å². The van der Waals surface area contributed by atoms with Gasteiger partial charge in [-0.05, 0) is 51.6 Å². The summed E-state index contributed by atoms with van der Waals surface area (Å²) in [6, 6.07) is 33.9. The molecule has 4 aromatic carbocycles. The van der Waals surface area contributed by atoms with E-state index in [1.807, 2.05) is 0 Å².